The first kappa shape index (κ1) is 14.4. The SMILES string of the molecule is Nc1cc(C(=O)NCCCn2ccnn2)c(Br)cc1F. The van der Waals surface area contributed by atoms with Crippen LogP contribution >= 0.6 is 15.9 Å². The van der Waals surface area contributed by atoms with Crippen molar-refractivity contribution in [3.05, 3.63) is 40.4 Å². The summed E-state index contributed by atoms with van der Waals surface area (Å²) in [5, 5.41) is 10.2. The number of hydrogen-bond donors (Lipinski definition) is 2. The molecule has 6 nitrogen and oxygen atoms in total. The van der Waals surface area contributed by atoms with Gasteiger partial charge >= 0.3 is 0 Å². The summed E-state index contributed by atoms with van der Waals surface area (Å²) in [6.07, 6.45) is 4.06. The molecule has 2 aromatic rings. The van der Waals surface area contributed by atoms with Crippen LogP contribution in [-0.2, 0) is 6.54 Å². The highest BCUT2D eigenvalue weighted by Gasteiger charge is 2.12. The Morgan fingerprint density at radius 2 is 2.30 bits per heavy atom. The van der Waals surface area contributed by atoms with Crippen LogP contribution in [0.2, 0.25) is 0 Å². The maximum absolute atomic E-state index is 13.2. The maximum Gasteiger partial charge on any atom is 0.252 e. The van der Waals surface area contributed by atoms with Crippen molar-refractivity contribution in [2.75, 3.05) is 12.3 Å². The first-order valence-corrected chi connectivity index (χ1v) is 6.74. The fourth-order valence-corrected chi connectivity index (χ4v) is 2.13. The van der Waals surface area contributed by atoms with E-state index >= 15 is 0 Å². The van der Waals surface area contributed by atoms with Gasteiger partial charge in [-0.1, -0.05) is 5.21 Å². The largest absolute Gasteiger partial charge is 0.396 e. The summed E-state index contributed by atoms with van der Waals surface area (Å²) in [5.41, 5.74) is 5.71. The highest BCUT2D eigenvalue weighted by Crippen LogP contribution is 2.22. The molecule has 3 N–H and O–H groups in total. The molecule has 20 heavy (non-hydrogen) atoms. The minimum absolute atomic E-state index is 0.0547. The van der Waals surface area contributed by atoms with Crippen molar-refractivity contribution < 1.29 is 9.18 Å². The van der Waals surface area contributed by atoms with Crippen LogP contribution < -0.4 is 11.1 Å². The summed E-state index contributed by atoms with van der Waals surface area (Å²) >= 11 is 3.14. The Bertz CT molecular complexity index is 602. The van der Waals surface area contributed by atoms with Crippen molar-refractivity contribution in [2.45, 2.75) is 13.0 Å². The number of nitrogens with zero attached hydrogens (tertiary/aromatic N) is 3. The number of rotatable bonds is 5. The zero-order valence-corrected chi connectivity index (χ0v) is 12.1. The van der Waals surface area contributed by atoms with Crippen LogP contribution in [0, 0.1) is 5.82 Å². The summed E-state index contributed by atoms with van der Waals surface area (Å²) in [6.45, 7) is 1.13. The van der Waals surface area contributed by atoms with E-state index in [4.69, 9.17) is 5.73 Å². The zero-order chi connectivity index (χ0) is 14.5. The molecule has 1 heterocycles. The van der Waals surface area contributed by atoms with Crippen molar-refractivity contribution in [1.29, 1.82) is 0 Å². The van der Waals surface area contributed by atoms with E-state index in [2.05, 4.69) is 31.6 Å². The Labute approximate surface area is 123 Å². The van der Waals surface area contributed by atoms with E-state index in [1.807, 2.05) is 0 Å². The van der Waals surface area contributed by atoms with E-state index in [0.717, 1.165) is 0 Å². The molecule has 0 saturated heterocycles. The van der Waals surface area contributed by atoms with Crippen LogP contribution in [0.5, 0.6) is 0 Å². The molecule has 0 unspecified atom stereocenters. The number of aromatic nitrogens is 3. The van der Waals surface area contributed by atoms with Gasteiger partial charge in [0.1, 0.15) is 5.82 Å². The molecule has 0 aliphatic carbocycles. The molecule has 0 aliphatic heterocycles. The van der Waals surface area contributed by atoms with E-state index in [1.165, 1.54) is 12.1 Å². The van der Waals surface area contributed by atoms with Crippen molar-refractivity contribution in [1.82, 2.24) is 20.3 Å². The number of anilines is 1. The summed E-state index contributed by atoms with van der Waals surface area (Å²) < 4.78 is 15.2. The number of carbonyl (C=O) groups excluding carboxylic acids is 1. The first-order chi connectivity index (χ1) is 9.58. The fourth-order valence-electron chi connectivity index (χ4n) is 1.63. The van der Waals surface area contributed by atoms with Gasteiger partial charge in [0.15, 0.2) is 0 Å². The lowest BCUT2D eigenvalue weighted by Crippen LogP contribution is -2.26. The second-order valence-electron chi connectivity index (χ2n) is 4.13. The standard InChI is InChI=1S/C12H13BrFN5O/c13-9-7-10(14)11(15)6-8(9)12(20)16-2-1-4-19-5-3-17-18-19/h3,5-7H,1-2,4,15H2,(H,16,20). The van der Waals surface area contributed by atoms with Gasteiger partial charge in [-0.2, -0.15) is 0 Å². The average Bonchev–Trinajstić information content (AvgIpc) is 2.92. The third-order valence-electron chi connectivity index (χ3n) is 2.65. The number of hydrogen-bond acceptors (Lipinski definition) is 4. The summed E-state index contributed by atoms with van der Waals surface area (Å²) in [7, 11) is 0. The predicted molar refractivity (Wildman–Crippen MR) is 75.5 cm³/mol. The van der Waals surface area contributed by atoms with Gasteiger partial charge in [-0.3, -0.25) is 9.48 Å². The molecular formula is C12H13BrFN5O. The molecule has 0 spiro atoms. The molecule has 2 rings (SSSR count). The summed E-state index contributed by atoms with van der Waals surface area (Å²) in [6, 6.07) is 2.49. The van der Waals surface area contributed by atoms with Gasteiger partial charge < -0.3 is 11.1 Å². The molecule has 1 amide bonds. The number of nitrogens with two attached hydrogens (primary N) is 1. The third-order valence-corrected chi connectivity index (χ3v) is 3.31. The van der Waals surface area contributed by atoms with Gasteiger partial charge in [0.2, 0.25) is 0 Å². The van der Waals surface area contributed by atoms with Gasteiger partial charge in [0, 0.05) is 23.8 Å². The molecular weight excluding hydrogens is 329 g/mol. The predicted octanol–water partition coefficient (Wildman–Crippen LogP) is 1.58. The molecule has 0 saturated carbocycles. The Kier molecular flexibility index (Phi) is 4.67. The van der Waals surface area contributed by atoms with Crippen molar-refractivity contribution >= 4 is 27.5 Å². The summed E-state index contributed by atoms with van der Waals surface area (Å²) in [5.74, 6) is -0.859. The molecule has 106 valence electrons. The van der Waals surface area contributed by atoms with E-state index < -0.39 is 5.82 Å². The van der Waals surface area contributed by atoms with E-state index in [9.17, 15) is 9.18 Å². The first-order valence-electron chi connectivity index (χ1n) is 5.94. The maximum atomic E-state index is 13.2. The van der Waals surface area contributed by atoms with Crippen molar-refractivity contribution in [2.24, 2.45) is 0 Å². The van der Waals surface area contributed by atoms with Gasteiger partial charge in [-0.15, -0.1) is 5.10 Å². The van der Waals surface area contributed by atoms with Crippen LogP contribution in [0.15, 0.2) is 29.0 Å². The molecule has 1 aromatic heterocycles. The highest BCUT2D eigenvalue weighted by atomic mass is 79.9. The number of aryl methyl sites for hydroxylation is 1. The lowest BCUT2D eigenvalue weighted by Gasteiger charge is -2.08. The minimum Gasteiger partial charge on any atom is -0.396 e. The van der Waals surface area contributed by atoms with Crippen LogP contribution in [0.4, 0.5) is 10.1 Å². The van der Waals surface area contributed by atoms with Crippen LogP contribution in [0.25, 0.3) is 0 Å². The minimum atomic E-state index is -0.556. The van der Waals surface area contributed by atoms with E-state index in [1.54, 1.807) is 17.1 Å². The van der Waals surface area contributed by atoms with Crippen LogP contribution in [-0.4, -0.2) is 27.4 Å². The number of amides is 1. The van der Waals surface area contributed by atoms with E-state index in [0.29, 0.717) is 29.5 Å². The van der Waals surface area contributed by atoms with Gasteiger partial charge in [0.25, 0.3) is 5.91 Å². The number of nitrogens with one attached hydrogen (secondary N) is 1. The third kappa shape index (κ3) is 3.53. The molecule has 0 fully saturated rings. The molecule has 0 aliphatic rings. The van der Waals surface area contributed by atoms with Gasteiger partial charge in [0.05, 0.1) is 17.4 Å². The van der Waals surface area contributed by atoms with Crippen LogP contribution in [0.1, 0.15) is 16.8 Å². The second-order valence-corrected chi connectivity index (χ2v) is 4.98. The number of carbonyl (C=O) groups is 1. The molecule has 0 atom stereocenters. The molecule has 0 radical (unpaired) electrons. The van der Waals surface area contributed by atoms with Gasteiger partial charge in [-0.25, -0.2) is 4.39 Å². The molecule has 0 bridgehead atoms. The zero-order valence-electron chi connectivity index (χ0n) is 10.5. The monoisotopic (exact) mass is 341 g/mol. The number of halogens is 2. The Morgan fingerprint density at radius 3 is 3.00 bits per heavy atom. The van der Waals surface area contributed by atoms with Gasteiger partial charge in [-0.05, 0) is 34.5 Å². The second kappa shape index (κ2) is 6.47. The number of nitrogen functional groups attached to an aromatic ring is 1. The van der Waals surface area contributed by atoms with Crippen molar-refractivity contribution in [3.8, 4) is 0 Å². The van der Waals surface area contributed by atoms with Crippen LogP contribution in [0.3, 0.4) is 0 Å². The lowest BCUT2D eigenvalue weighted by molar-refractivity contribution is 0.0952. The fraction of sp³-hybridized carbons (Fsp3) is 0.250. The normalized spacial score (nSPS) is 10.5. The Balaban J connectivity index is 1.87. The Morgan fingerprint density at radius 1 is 1.50 bits per heavy atom. The molecule has 1 aromatic carbocycles. The van der Waals surface area contributed by atoms with Crippen molar-refractivity contribution in [3.63, 3.8) is 0 Å². The lowest BCUT2D eigenvalue weighted by atomic mass is 10.2. The topological polar surface area (TPSA) is 85.8 Å². The quantitative estimate of drug-likeness (QED) is 0.638. The Hall–Kier alpha value is -1.96. The highest BCUT2D eigenvalue weighted by molar-refractivity contribution is 9.10. The summed E-state index contributed by atoms with van der Waals surface area (Å²) in [4.78, 5) is 11.9. The van der Waals surface area contributed by atoms with E-state index in [-0.39, 0.29) is 11.6 Å². The average molecular weight is 342 g/mol. The smallest absolute Gasteiger partial charge is 0.252 e. The molecule has 8 heteroatoms. The number of benzene rings is 1.